The number of hydrogen-bond donors (Lipinski definition) is 3. The molecule has 0 aliphatic heterocycles. The SMILES string of the molecule is CC(C)CNc1ccc(C(O)(C#Cc2ccccc2)C(F)(F)F)cc1.O=S(=O)(O)c1cc(Cl)sc1Cl. The van der Waals surface area contributed by atoms with E-state index in [-0.39, 0.29) is 19.1 Å². The lowest BCUT2D eigenvalue weighted by atomic mass is 9.93. The van der Waals surface area contributed by atoms with Crippen molar-refractivity contribution in [3.8, 4) is 11.8 Å². The Labute approximate surface area is 221 Å². The summed E-state index contributed by atoms with van der Waals surface area (Å²) in [5.74, 6) is 4.81. The Morgan fingerprint density at radius 1 is 1.06 bits per heavy atom. The maximum atomic E-state index is 13.5. The van der Waals surface area contributed by atoms with Crippen LogP contribution in [0, 0.1) is 17.8 Å². The molecule has 0 radical (unpaired) electrons. The summed E-state index contributed by atoms with van der Waals surface area (Å²) < 4.78 is 70.1. The minimum Gasteiger partial charge on any atom is -0.385 e. The van der Waals surface area contributed by atoms with E-state index < -0.39 is 21.9 Å². The van der Waals surface area contributed by atoms with Crippen molar-refractivity contribution in [2.45, 2.75) is 30.5 Å². The van der Waals surface area contributed by atoms with Gasteiger partial charge in [-0.1, -0.05) is 73.3 Å². The molecule has 36 heavy (non-hydrogen) atoms. The number of thiophene rings is 1. The van der Waals surface area contributed by atoms with E-state index >= 15 is 0 Å². The average molecular weight is 580 g/mol. The molecule has 2 aromatic carbocycles. The van der Waals surface area contributed by atoms with Gasteiger partial charge in [0.2, 0.25) is 5.60 Å². The van der Waals surface area contributed by atoms with Crippen LogP contribution in [0.15, 0.2) is 65.6 Å². The van der Waals surface area contributed by atoms with Crippen LogP contribution < -0.4 is 5.32 Å². The summed E-state index contributed by atoms with van der Waals surface area (Å²) in [5, 5.41) is 13.4. The maximum absolute atomic E-state index is 13.5. The fourth-order valence-corrected chi connectivity index (χ4v) is 5.26. The second-order valence-corrected chi connectivity index (χ2v) is 11.5. The fourth-order valence-electron chi connectivity index (χ4n) is 2.64. The maximum Gasteiger partial charge on any atom is 0.433 e. The van der Waals surface area contributed by atoms with Crippen molar-refractivity contribution >= 4 is 50.3 Å². The van der Waals surface area contributed by atoms with E-state index in [1.54, 1.807) is 30.3 Å². The molecule has 1 atom stereocenters. The van der Waals surface area contributed by atoms with Gasteiger partial charge in [-0.15, -0.1) is 11.3 Å². The Hall–Kier alpha value is -2.26. The lowest BCUT2D eigenvalue weighted by Crippen LogP contribution is -2.41. The second kappa shape index (κ2) is 12.3. The molecular formula is C24H22Cl2F3NO4S2. The molecule has 0 aliphatic carbocycles. The number of benzene rings is 2. The predicted octanol–water partition coefficient (Wildman–Crippen LogP) is 6.86. The number of nitrogens with one attached hydrogen (secondary N) is 1. The molecule has 0 aliphatic rings. The number of alkyl halides is 3. The predicted molar refractivity (Wildman–Crippen MR) is 137 cm³/mol. The zero-order valence-corrected chi connectivity index (χ0v) is 22.1. The third-order valence-corrected chi connectivity index (χ3v) is 7.10. The van der Waals surface area contributed by atoms with E-state index in [2.05, 4.69) is 11.2 Å². The van der Waals surface area contributed by atoms with E-state index in [1.165, 1.54) is 24.3 Å². The molecule has 3 aromatic rings. The number of aliphatic hydroxyl groups is 1. The van der Waals surface area contributed by atoms with Crippen LogP contribution in [-0.2, 0) is 15.7 Å². The van der Waals surface area contributed by atoms with E-state index in [0.29, 0.717) is 23.7 Å². The largest absolute Gasteiger partial charge is 0.433 e. The lowest BCUT2D eigenvalue weighted by Gasteiger charge is -2.26. The van der Waals surface area contributed by atoms with E-state index in [9.17, 15) is 26.7 Å². The van der Waals surface area contributed by atoms with Crippen molar-refractivity contribution < 1.29 is 31.2 Å². The van der Waals surface area contributed by atoms with Gasteiger partial charge in [-0.3, -0.25) is 4.55 Å². The Bertz CT molecular complexity index is 1320. The highest BCUT2D eigenvalue weighted by Crippen LogP contribution is 2.39. The van der Waals surface area contributed by atoms with Crippen LogP contribution in [0.1, 0.15) is 25.0 Å². The zero-order chi connectivity index (χ0) is 27.1. The fraction of sp³-hybridized carbons (Fsp3) is 0.250. The van der Waals surface area contributed by atoms with Gasteiger partial charge in [0.15, 0.2) is 0 Å². The quantitative estimate of drug-likeness (QED) is 0.227. The highest BCUT2D eigenvalue weighted by Gasteiger charge is 2.54. The molecular weight excluding hydrogens is 558 g/mol. The van der Waals surface area contributed by atoms with Gasteiger partial charge >= 0.3 is 6.18 Å². The Balaban J connectivity index is 0.000000346. The third-order valence-electron chi connectivity index (χ3n) is 4.49. The van der Waals surface area contributed by atoms with Gasteiger partial charge < -0.3 is 10.4 Å². The zero-order valence-electron chi connectivity index (χ0n) is 19.0. The summed E-state index contributed by atoms with van der Waals surface area (Å²) in [5.41, 5.74) is -2.43. The van der Waals surface area contributed by atoms with Gasteiger partial charge in [-0.2, -0.15) is 21.6 Å². The molecule has 5 nitrogen and oxygen atoms in total. The highest BCUT2D eigenvalue weighted by atomic mass is 35.5. The molecule has 0 bridgehead atoms. The van der Waals surface area contributed by atoms with E-state index in [1.807, 2.05) is 19.8 Å². The average Bonchev–Trinajstić information content (AvgIpc) is 3.15. The summed E-state index contributed by atoms with van der Waals surface area (Å²) in [4.78, 5) is -0.339. The van der Waals surface area contributed by atoms with Gasteiger partial charge in [0.1, 0.15) is 9.23 Å². The van der Waals surface area contributed by atoms with Gasteiger partial charge in [0.25, 0.3) is 10.1 Å². The Morgan fingerprint density at radius 3 is 2.06 bits per heavy atom. The highest BCUT2D eigenvalue weighted by molar-refractivity contribution is 7.86. The van der Waals surface area contributed by atoms with Crippen molar-refractivity contribution in [2.75, 3.05) is 11.9 Å². The summed E-state index contributed by atoms with van der Waals surface area (Å²) >= 11 is 11.7. The molecule has 194 valence electrons. The minimum atomic E-state index is -4.92. The summed E-state index contributed by atoms with van der Waals surface area (Å²) in [6.07, 6.45) is -4.92. The van der Waals surface area contributed by atoms with Crippen molar-refractivity contribution in [3.05, 3.63) is 80.5 Å². The molecule has 3 rings (SSSR count). The van der Waals surface area contributed by atoms with Crippen LogP contribution in [-0.4, -0.2) is 30.8 Å². The number of anilines is 1. The monoisotopic (exact) mass is 579 g/mol. The summed E-state index contributed by atoms with van der Waals surface area (Å²) in [6.45, 7) is 4.77. The van der Waals surface area contributed by atoms with Crippen LogP contribution in [0.5, 0.6) is 0 Å². The van der Waals surface area contributed by atoms with E-state index in [0.717, 1.165) is 17.4 Å². The van der Waals surface area contributed by atoms with Crippen LogP contribution >= 0.6 is 34.5 Å². The first-order chi connectivity index (χ1) is 16.6. The summed E-state index contributed by atoms with van der Waals surface area (Å²) in [7, 11) is -4.22. The normalized spacial score (nSPS) is 13.2. The summed E-state index contributed by atoms with van der Waals surface area (Å²) in [6, 6.07) is 14.9. The Kier molecular flexibility index (Phi) is 10.3. The molecule has 1 heterocycles. The van der Waals surface area contributed by atoms with Crippen LogP contribution in [0.25, 0.3) is 0 Å². The molecule has 0 fully saturated rings. The molecule has 12 heteroatoms. The first-order valence-electron chi connectivity index (χ1n) is 10.3. The van der Waals surface area contributed by atoms with Crippen molar-refractivity contribution in [1.29, 1.82) is 0 Å². The molecule has 0 saturated carbocycles. The first kappa shape index (κ1) is 30.0. The van der Waals surface area contributed by atoms with E-state index in [4.69, 9.17) is 27.8 Å². The number of hydrogen-bond acceptors (Lipinski definition) is 5. The van der Waals surface area contributed by atoms with Crippen LogP contribution in [0.4, 0.5) is 18.9 Å². The number of rotatable bonds is 5. The third kappa shape index (κ3) is 8.40. The van der Waals surface area contributed by atoms with Crippen LogP contribution in [0.2, 0.25) is 8.67 Å². The number of halogens is 5. The van der Waals surface area contributed by atoms with Gasteiger partial charge in [0.05, 0.1) is 4.34 Å². The molecule has 3 N–H and O–H groups in total. The molecule has 0 amide bonds. The second-order valence-electron chi connectivity index (χ2n) is 7.84. The Morgan fingerprint density at radius 2 is 1.64 bits per heavy atom. The van der Waals surface area contributed by atoms with Gasteiger partial charge in [-0.25, -0.2) is 0 Å². The molecule has 1 aromatic heterocycles. The smallest absolute Gasteiger partial charge is 0.385 e. The molecule has 0 saturated heterocycles. The van der Waals surface area contributed by atoms with Crippen molar-refractivity contribution in [1.82, 2.24) is 0 Å². The topological polar surface area (TPSA) is 86.6 Å². The molecule has 0 spiro atoms. The van der Waals surface area contributed by atoms with Crippen molar-refractivity contribution in [3.63, 3.8) is 0 Å². The first-order valence-corrected chi connectivity index (χ1v) is 13.3. The van der Waals surface area contributed by atoms with Gasteiger partial charge in [0, 0.05) is 23.4 Å². The standard InChI is InChI=1S/C20H20F3NO.C4H2Cl2O3S2/c1-15(2)14-24-18-10-8-17(9-11-18)19(25,20(21,22)23)13-12-16-6-4-3-5-7-16;5-3-1-2(4(6)10-3)11(7,8)9/h3-11,15,24-25H,14H2,1-2H3;1H,(H,7,8,9). The van der Waals surface area contributed by atoms with Crippen LogP contribution in [0.3, 0.4) is 0 Å². The minimum absolute atomic E-state index is 0.0301. The lowest BCUT2D eigenvalue weighted by molar-refractivity contribution is -0.240. The molecule has 1 unspecified atom stereocenters. The van der Waals surface area contributed by atoms with Crippen molar-refractivity contribution in [2.24, 2.45) is 5.92 Å². The van der Waals surface area contributed by atoms with Gasteiger partial charge in [-0.05, 0) is 42.2 Å².